The maximum atomic E-state index is 12.8. The van der Waals surface area contributed by atoms with Crippen LogP contribution in [-0.2, 0) is 11.2 Å². The van der Waals surface area contributed by atoms with E-state index in [4.69, 9.17) is 4.42 Å². The first-order chi connectivity index (χ1) is 9.64. The highest BCUT2D eigenvalue weighted by Gasteiger charge is 2.75. The zero-order valence-corrected chi connectivity index (χ0v) is 12.4. The minimum Gasteiger partial charge on any atom is -0.464 e. The summed E-state index contributed by atoms with van der Waals surface area (Å²) in [6, 6.07) is 4.31. The number of carbonyl (C=O) groups is 1. The van der Waals surface area contributed by atoms with Gasteiger partial charge in [-0.1, -0.05) is 13.8 Å². The molecule has 2 atom stereocenters. The van der Waals surface area contributed by atoms with E-state index in [0.29, 0.717) is 11.8 Å². The largest absolute Gasteiger partial charge is 0.464 e. The molecule has 0 bridgehead atoms. The van der Waals surface area contributed by atoms with Gasteiger partial charge in [0.2, 0.25) is 5.91 Å². The molecule has 0 N–H and O–H groups in total. The third-order valence-electron chi connectivity index (χ3n) is 5.59. The van der Waals surface area contributed by atoms with Gasteiger partial charge in [-0.15, -0.1) is 0 Å². The highest BCUT2D eigenvalue weighted by molar-refractivity contribution is 5.90. The van der Waals surface area contributed by atoms with Gasteiger partial charge in [-0.05, 0) is 49.7 Å². The van der Waals surface area contributed by atoms with Crippen LogP contribution in [0.1, 0.15) is 57.1 Å². The van der Waals surface area contributed by atoms with Gasteiger partial charge in [0.05, 0.1) is 11.5 Å². The number of hydrogen-bond acceptors (Lipinski definition) is 2. The van der Waals surface area contributed by atoms with Gasteiger partial charge >= 0.3 is 0 Å². The Morgan fingerprint density at radius 2 is 2.20 bits per heavy atom. The first-order valence-electron chi connectivity index (χ1n) is 8.03. The lowest BCUT2D eigenvalue weighted by Crippen LogP contribution is -2.42. The third kappa shape index (κ3) is 1.75. The van der Waals surface area contributed by atoms with Crippen LogP contribution >= 0.6 is 0 Å². The van der Waals surface area contributed by atoms with Crippen molar-refractivity contribution < 1.29 is 9.21 Å². The number of amides is 1. The lowest BCUT2D eigenvalue weighted by molar-refractivity contribution is -0.140. The molecule has 20 heavy (non-hydrogen) atoms. The molecule has 3 fully saturated rings. The van der Waals surface area contributed by atoms with E-state index in [-0.39, 0.29) is 11.5 Å². The first-order valence-corrected chi connectivity index (χ1v) is 8.03. The van der Waals surface area contributed by atoms with E-state index < -0.39 is 0 Å². The fourth-order valence-electron chi connectivity index (χ4n) is 3.75. The zero-order valence-electron chi connectivity index (χ0n) is 12.4. The van der Waals surface area contributed by atoms with E-state index in [1.54, 1.807) is 0 Å². The van der Waals surface area contributed by atoms with Crippen LogP contribution in [0.15, 0.2) is 16.5 Å². The predicted molar refractivity (Wildman–Crippen MR) is 76.1 cm³/mol. The van der Waals surface area contributed by atoms with E-state index in [0.717, 1.165) is 56.1 Å². The van der Waals surface area contributed by atoms with Crippen LogP contribution in [0.2, 0.25) is 0 Å². The van der Waals surface area contributed by atoms with Gasteiger partial charge in [0.15, 0.2) is 0 Å². The van der Waals surface area contributed by atoms with Crippen molar-refractivity contribution in [2.24, 2.45) is 17.3 Å². The van der Waals surface area contributed by atoms with Crippen LogP contribution in [0, 0.1) is 17.3 Å². The zero-order chi connectivity index (χ0) is 13.9. The van der Waals surface area contributed by atoms with Crippen LogP contribution in [0.4, 0.5) is 0 Å². The summed E-state index contributed by atoms with van der Waals surface area (Å²) in [5.41, 5.74) is 0.0823. The molecule has 3 nitrogen and oxygen atoms in total. The van der Waals surface area contributed by atoms with Gasteiger partial charge < -0.3 is 9.32 Å². The standard InChI is InChI=1S/C17H23NO2/c1-3-13-4-5-15(20-13)14-8-11(2)6-7-18(14)16(19)17-9-12(17)10-17/h4-5,11-12,14H,3,6-10H2,1-2H3/t11-,12?,14-,17?/m0/s1. The van der Waals surface area contributed by atoms with E-state index in [1.165, 1.54) is 0 Å². The molecule has 2 saturated carbocycles. The van der Waals surface area contributed by atoms with Crippen LogP contribution in [-0.4, -0.2) is 17.4 Å². The summed E-state index contributed by atoms with van der Waals surface area (Å²) in [6.07, 6.45) is 5.38. The second kappa shape index (κ2) is 4.12. The van der Waals surface area contributed by atoms with E-state index in [2.05, 4.69) is 30.9 Å². The number of carbonyl (C=O) groups excluding carboxylic acids is 1. The molecular weight excluding hydrogens is 250 g/mol. The number of likely N-dealkylation sites (tertiary alicyclic amines) is 1. The average Bonchev–Trinajstić information content (AvgIpc) is 3.25. The minimum absolute atomic E-state index is 0.0823. The number of aryl methyl sites for hydroxylation is 1. The highest BCUT2D eigenvalue weighted by Crippen LogP contribution is 2.76. The molecule has 108 valence electrons. The normalized spacial score (nSPS) is 38.5. The number of piperidine rings is 1. The van der Waals surface area contributed by atoms with Crippen LogP contribution < -0.4 is 0 Å². The van der Waals surface area contributed by atoms with E-state index >= 15 is 0 Å². The molecule has 3 heteroatoms. The fourth-order valence-corrected chi connectivity index (χ4v) is 3.75. The number of nitrogens with zero attached hydrogens (tertiary/aromatic N) is 1. The topological polar surface area (TPSA) is 33.5 Å². The van der Waals surface area contributed by atoms with E-state index in [9.17, 15) is 4.79 Å². The Morgan fingerprint density at radius 1 is 1.45 bits per heavy atom. The lowest BCUT2D eigenvalue weighted by atomic mass is 9.90. The van der Waals surface area contributed by atoms with Gasteiger partial charge in [0.1, 0.15) is 11.5 Å². The van der Waals surface area contributed by atoms with Crippen molar-refractivity contribution in [2.45, 2.75) is 52.0 Å². The molecule has 2 heterocycles. The number of hydrogen-bond donors (Lipinski definition) is 0. The molecule has 1 aromatic rings. The SMILES string of the molecule is CCc1ccc([C@@H]2C[C@@H](C)CCN2C(=O)C23CC2C3)o1. The van der Waals surface area contributed by atoms with Gasteiger partial charge in [-0.25, -0.2) is 0 Å². The quantitative estimate of drug-likeness (QED) is 0.844. The molecule has 3 aliphatic rings. The van der Waals surface area contributed by atoms with Gasteiger partial charge in [0, 0.05) is 13.0 Å². The molecule has 1 saturated heterocycles. The molecule has 1 aromatic heterocycles. The Kier molecular flexibility index (Phi) is 2.57. The molecular formula is C17H23NO2. The van der Waals surface area contributed by atoms with Crippen molar-refractivity contribution in [3.05, 3.63) is 23.7 Å². The summed E-state index contributed by atoms with van der Waals surface area (Å²) in [7, 11) is 0. The predicted octanol–water partition coefficient (Wildman–Crippen LogP) is 3.55. The van der Waals surface area contributed by atoms with Crippen molar-refractivity contribution in [3.8, 4) is 0 Å². The molecule has 1 amide bonds. The highest BCUT2D eigenvalue weighted by atomic mass is 16.3. The Balaban J connectivity index is 1.60. The Hall–Kier alpha value is -1.25. The third-order valence-corrected chi connectivity index (χ3v) is 5.59. The second-order valence-electron chi connectivity index (χ2n) is 7.06. The van der Waals surface area contributed by atoms with Gasteiger partial charge in [-0.2, -0.15) is 0 Å². The molecule has 0 radical (unpaired) electrons. The van der Waals surface area contributed by atoms with Gasteiger partial charge in [0.25, 0.3) is 0 Å². The van der Waals surface area contributed by atoms with Crippen molar-refractivity contribution in [1.29, 1.82) is 0 Å². The second-order valence-corrected chi connectivity index (χ2v) is 7.06. The summed E-state index contributed by atoms with van der Waals surface area (Å²) in [5, 5.41) is 0. The van der Waals surface area contributed by atoms with Crippen molar-refractivity contribution in [1.82, 2.24) is 4.90 Å². The molecule has 0 unspecified atom stereocenters. The summed E-state index contributed by atoms with van der Waals surface area (Å²) in [5.74, 6) is 3.83. The maximum Gasteiger partial charge on any atom is 0.229 e. The Morgan fingerprint density at radius 3 is 2.80 bits per heavy atom. The average molecular weight is 273 g/mol. The summed E-state index contributed by atoms with van der Waals surface area (Å²) in [4.78, 5) is 14.9. The van der Waals surface area contributed by atoms with Gasteiger partial charge in [-0.3, -0.25) is 4.79 Å². The molecule has 2 aliphatic carbocycles. The molecule has 4 rings (SSSR count). The van der Waals surface area contributed by atoms with Crippen LogP contribution in [0.3, 0.4) is 0 Å². The monoisotopic (exact) mass is 273 g/mol. The number of furan rings is 1. The van der Waals surface area contributed by atoms with Crippen molar-refractivity contribution in [2.75, 3.05) is 6.54 Å². The fraction of sp³-hybridized carbons (Fsp3) is 0.706. The Labute approximate surface area is 120 Å². The minimum atomic E-state index is 0.0823. The Bertz CT molecular complexity index is 541. The summed E-state index contributed by atoms with van der Waals surface area (Å²) >= 11 is 0. The number of fused-ring (bicyclic) bond motifs is 1. The summed E-state index contributed by atoms with van der Waals surface area (Å²) in [6.45, 7) is 5.29. The molecule has 0 spiro atoms. The first kappa shape index (κ1) is 12.5. The maximum absolute atomic E-state index is 12.8. The lowest BCUT2D eigenvalue weighted by Gasteiger charge is -2.38. The molecule has 0 aromatic carbocycles. The summed E-state index contributed by atoms with van der Waals surface area (Å²) < 4.78 is 5.95. The van der Waals surface area contributed by atoms with Crippen LogP contribution in [0.5, 0.6) is 0 Å². The number of rotatable bonds is 3. The van der Waals surface area contributed by atoms with Crippen molar-refractivity contribution in [3.63, 3.8) is 0 Å². The van der Waals surface area contributed by atoms with Crippen molar-refractivity contribution >= 4 is 5.91 Å². The van der Waals surface area contributed by atoms with Crippen LogP contribution in [0.25, 0.3) is 0 Å². The van der Waals surface area contributed by atoms with E-state index in [1.807, 2.05) is 0 Å². The molecule has 1 aliphatic heterocycles. The smallest absolute Gasteiger partial charge is 0.229 e.